The first-order chi connectivity index (χ1) is 8.99. The highest BCUT2D eigenvalue weighted by atomic mass is 16.2. The van der Waals surface area contributed by atoms with Gasteiger partial charge in [-0.1, -0.05) is 0 Å². The molecule has 0 saturated carbocycles. The second-order valence-electron chi connectivity index (χ2n) is 4.93. The molecule has 0 unspecified atom stereocenters. The van der Waals surface area contributed by atoms with Crippen LogP contribution in [0, 0.1) is 6.92 Å². The van der Waals surface area contributed by atoms with Crippen LogP contribution in [0.15, 0.2) is 18.5 Å². The molecule has 2 rings (SSSR count). The third-order valence-corrected chi connectivity index (χ3v) is 2.87. The molecule has 0 fully saturated rings. The molecular weight excluding hydrogens is 242 g/mol. The minimum Gasteiger partial charge on any atom is -0.345 e. The molecule has 102 valence electrons. The first-order valence-corrected chi connectivity index (χ1v) is 6.28. The van der Waals surface area contributed by atoms with Crippen LogP contribution in [0.25, 0.3) is 0 Å². The van der Waals surface area contributed by atoms with Gasteiger partial charge in [-0.15, -0.1) is 0 Å². The lowest BCUT2D eigenvalue weighted by molar-refractivity contribution is 0.0767. The fourth-order valence-electron chi connectivity index (χ4n) is 1.93. The van der Waals surface area contributed by atoms with Gasteiger partial charge in [-0.05, 0) is 26.8 Å². The molecule has 0 aromatic carbocycles. The van der Waals surface area contributed by atoms with Crippen molar-refractivity contribution in [3.63, 3.8) is 0 Å². The van der Waals surface area contributed by atoms with Crippen LogP contribution in [0.4, 0.5) is 0 Å². The van der Waals surface area contributed by atoms with Crippen LogP contribution in [0.3, 0.4) is 0 Å². The van der Waals surface area contributed by atoms with Gasteiger partial charge in [0.15, 0.2) is 0 Å². The molecule has 6 heteroatoms. The number of imidazole rings is 1. The van der Waals surface area contributed by atoms with Crippen molar-refractivity contribution in [3.05, 3.63) is 35.7 Å². The zero-order valence-electron chi connectivity index (χ0n) is 11.7. The topological polar surface area (TPSA) is 66.8 Å². The Hall–Kier alpha value is -2.11. The van der Waals surface area contributed by atoms with Crippen molar-refractivity contribution >= 4 is 5.91 Å². The van der Waals surface area contributed by atoms with Crippen LogP contribution >= 0.6 is 0 Å². The van der Waals surface area contributed by atoms with Crippen molar-refractivity contribution in [2.45, 2.75) is 33.4 Å². The Labute approximate surface area is 112 Å². The molecule has 1 N–H and O–H groups in total. The van der Waals surface area contributed by atoms with Crippen molar-refractivity contribution < 1.29 is 4.79 Å². The molecule has 0 aliphatic rings. The van der Waals surface area contributed by atoms with E-state index in [1.807, 2.05) is 20.8 Å². The van der Waals surface area contributed by atoms with Gasteiger partial charge in [-0.2, -0.15) is 5.10 Å². The summed E-state index contributed by atoms with van der Waals surface area (Å²) in [6, 6.07) is 1.90. The predicted molar refractivity (Wildman–Crippen MR) is 71.7 cm³/mol. The van der Waals surface area contributed by atoms with Crippen LogP contribution in [-0.4, -0.2) is 37.6 Å². The molecule has 0 bridgehead atoms. The summed E-state index contributed by atoms with van der Waals surface area (Å²) in [7, 11) is 1.76. The van der Waals surface area contributed by atoms with Gasteiger partial charge in [-0.3, -0.25) is 9.48 Å². The number of nitrogens with zero attached hydrogens (tertiary/aromatic N) is 4. The van der Waals surface area contributed by atoms with E-state index < -0.39 is 0 Å². The Morgan fingerprint density at radius 3 is 2.84 bits per heavy atom. The number of carbonyl (C=O) groups excluding carboxylic acids is 1. The van der Waals surface area contributed by atoms with Gasteiger partial charge in [0.05, 0.1) is 6.54 Å². The third-order valence-electron chi connectivity index (χ3n) is 2.87. The normalized spacial score (nSPS) is 11.0. The Bertz CT molecular complexity index is 569. The maximum atomic E-state index is 12.4. The van der Waals surface area contributed by atoms with Gasteiger partial charge in [-0.25, -0.2) is 4.98 Å². The van der Waals surface area contributed by atoms with Crippen molar-refractivity contribution in [1.29, 1.82) is 0 Å². The molecule has 2 aromatic rings. The van der Waals surface area contributed by atoms with Gasteiger partial charge in [0.2, 0.25) is 0 Å². The molecule has 2 aromatic heterocycles. The lowest BCUT2D eigenvalue weighted by atomic mass is 10.3. The molecule has 0 saturated heterocycles. The number of amides is 1. The molecule has 0 aliphatic heterocycles. The fraction of sp³-hybridized carbons (Fsp3) is 0.462. The average molecular weight is 261 g/mol. The summed E-state index contributed by atoms with van der Waals surface area (Å²) < 4.78 is 1.73. The number of nitrogens with one attached hydrogen (secondary N) is 1. The molecular formula is C13H19N5O. The lowest BCUT2D eigenvalue weighted by Gasteiger charge is -2.17. The van der Waals surface area contributed by atoms with Crippen LogP contribution in [0.1, 0.15) is 41.9 Å². The highest BCUT2D eigenvalue weighted by Gasteiger charge is 2.18. The van der Waals surface area contributed by atoms with Crippen LogP contribution in [0.2, 0.25) is 0 Å². The third kappa shape index (κ3) is 2.83. The summed E-state index contributed by atoms with van der Waals surface area (Å²) in [5.41, 5.74) is 1.59. The van der Waals surface area contributed by atoms with Crippen LogP contribution in [0.5, 0.6) is 0 Å². The monoisotopic (exact) mass is 261 g/mol. The Balaban J connectivity index is 2.12. The number of aryl methyl sites for hydroxylation is 1. The molecule has 19 heavy (non-hydrogen) atoms. The SMILES string of the molecule is Cc1cnc(CN(C)C(=O)c2ccnn2C(C)C)[nH]1. The minimum atomic E-state index is -0.0553. The standard InChI is InChI=1S/C13H19N5O/c1-9(2)18-11(5-6-15-18)13(19)17(4)8-12-14-7-10(3)16-12/h5-7,9H,8H2,1-4H3,(H,14,16). The zero-order chi connectivity index (χ0) is 14.0. The van der Waals surface area contributed by atoms with E-state index in [9.17, 15) is 4.79 Å². The van der Waals surface area contributed by atoms with E-state index in [0.29, 0.717) is 12.2 Å². The maximum Gasteiger partial charge on any atom is 0.272 e. The van der Waals surface area contributed by atoms with E-state index in [1.165, 1.54) is 0 Å². The van der Waals surface area contributed by atoms with Gasteiger partial charge in [0, 0.05) is 31.2 Å². The van der Waals surface area contributed by atoms with Gasteiger partial charge >= 0.3 is 0 Å². The summed E-state index contributed by atoms with van der Waals surface area (Å²) in [6.07, 6.45) is 3.41. The fourth-order valence-corrected chi connectivity index (χ4v) is 1.93. The first kappa shape index (κ1) is 13.3. The molecule has 0 radical (unpaired) electrons. The number of aromatic nitrogens is 4. The summed E-state index contributed by atoms with van der Waals surface area (Å²) in [4.78, 5) is 21.3. The summed E-state index contributed by atoms with van der Waals surface area (Å²) in [5, 5.41) is 4.18. The summed E-state index contributed by atoms with van der Waals surface area (Å²) >= 11 is 0. The predicted octanol–water partition coefficient (Wildman–Crippen LogP) is 1.77. The summed E-state index contributed by atoms with van der Waals surface area (Å²) in [6.45, 7) is 6.39. The highest BCUT2D eigenvalue weighted by Crippen LogP contribution is 2.11. The number of rotatable bonds is 4. The van der Waals surface area contributed by atoms with Gasteiger partial charge in [0.25, 0.3) is 5.91 Å². The Kier molecular flexibility index (Phi) is 3.69. The molecule has 0 atom stereocenters. The number of H-pyrrole nitrogens is 1. The molecule has 1 amide bonds. The molecule has 0 spiro atoms. The van der Waals surface area contributed by atoms with E-state index in [2.05, 4.69) is 15.1 Å². The number of carbonyl (C=O) groups is 1. The Morgan fingerprint density at radius 1 is 1.53 bits per heavy atom. The second kappa shape index (κ2) is 5.26. The van der Waals surface area contributed by atoms with Crippen molar-refractivity contribution in [2.75, 3.05) is 7.05 Å². The molecule has 2 heterocycles. The largest absolute Gasteiger partial charge is 0.345 e. The van der Waals surface area contributed by atoms with E-state index in [4.69, 9.17) is 0 Å². The average Bonchev–Trinajstić information content (AvgIpc) is 2.97. The van der Waals surface area contributed by atoms with E-state index in [-0.39, 0.29) is 11.9 Å². The lowest BCUT2D eigenvalue weighted by Crippen LogP contribution is -2.29. The quantitative estimate of drug-likeness (QED) is 0.912. The molecule has 0 aliphatic carbocycles. The van der Waals surface area contributed by atoms with E-state index in [1.54, 1.807) is 35.1 Å². The van der Waals surface area contributed by atoms with Crippen LogP contribution < -0.4 is 0 Å². The Morgan fingerprint density at radius 2 is 2.26 bits per heavy atom. The van der Waals surface area contributed by atoms with E-state index >= 15 is 0 Å². The maximum absolute atomic E-state index is 12.4. The number of hydrogen-bond donors (Lipinski definition) is 1. The first-order valence-electron chi connectivity index (χ1n) is 6.28. The summed E-state index contributed by atoms with van der Waals surface area (Å²) in [5.74, 6) is 0.726. The van der Waals surface area contributed by atoms with Crippen molar-refractivity contribution in [3.8, 4) is 0 Å². The molecule has 6 nitrogen and oxygen atoms in total. The zero-order valence-corrected chi connectivity index (χ0v) is 11.7. The number of hydrogen-bond acceptors (Lipinski definition) is 3. The van der Waals surface area contributed by atoms with Gasteiger partial charge < -0.3 is 9.88 Å². The van der Waals surface area contributed by atoms with E-state index in [0.717, 1.165) is 11.5 Å². The minimum absolute atomic E-state index is 0.0553. The van der Waals surface area contributed by atoms with Crippen molar-refractivity contribution in [1.82, 2.24) is 24.6 Å². The van der Waals surface area contributed by atoms with Gasteiger partial charge in [0.1, 0.15) is 11.5 Å². The van der Waals surface area contributed by atoms with Crippen molar-refractivity contribution in [2.24, 2.45) is 0 Å². The highest BCUT2D eigenvalue weighted by molar-refractivity contribution is 5.92. The second-order valence-corrected chi connectivity index (χ2v) is 4.93. The number of aromatic amines is 1. The smallest absolute Gasteiger partial charge is 0.272 e. The van der Waals surface area contributed by atoms with Crippen LogP contribution in [-0.2, 0) is 6.54 Å².